The Kier molecular flexibility index (Phi) is 11.7. The third-order valence-electron chi connectivity index (χ3n) is 11.4. The highest BCUT2D eigenvalue weighted by atomic mass is 32.2. The first-order chi connectivity index (χ1) is 26.9. The number of halogens is 1. The van der Waals surface area contributed by atoms with E-state index in [1.54, 1.807) is 51.2 Å². The van der Waals surface area contributed by atoms with Crippen molar-refractivity contribution >= 4 is 44.6 Å². The number of hydrogen-bond acceptors (Lipinski definition) is 11. The highest BCUT2D eigenvalue weighted by Crippen LogP contribution is 2.48. The lowest BCUT2D eigenvalue weighted by Gasteiger charge is -2.33. The number of nitrogens with one attached hydrogen (secondary N) is 3. The number of methoxy groups -OCH3 is 2. The Morgan fingerprint density at radius 2 is 1.79 bits per heavy atom. The van der Waals surface area contributed by atoms with Gasteiger partial charge in [-0.25, -0.2) is 22.6 Å². The number of aromatic nitrogens is 1. The number of hydrogen-bond donors (Lipinski definition) is 3. The maximum Gasteiger partial charge on any atom is 0.408 e. The van der Waals surface area contributed by atoms with Crippen LogP contribution >= 0.6 is 0 Å². The second-order valence-corrected chi connectivity index (χ2v) is 19.1. The SMILES string of the molecule is COc1cc2ccnc(OC3CC4C(=O)NC5(C(=O)NS(=O)(=O)C6(CF)CC6)CC5C=CCCC(C)CC(C)C(NC(=O)OC(C)(C)C)C(=O)N4C3)c2cc1OC. The van der Waals surface area contributed by atoms with Crippen molar-refractivity contribution in [2.75, 3.05) is 27.4 Å². The summed E-state index contributed by atoms with van der Waals surface area (Å²) in [6, 6.07) is 2.96. The zero-order valence-corrected chi connectivity index (χ0v) is 34.4. The summed E-state index contributed by atoms with van der Waals surface area (Å²) in [7, 11) is -1.37. The number of allylic oxidation sites excluding steroid dienone is 1. The van der Waals surface area contributed by atoms with Gasteiger partial charge >= 0.3 is 6.09 Å². The van der Waals surface area contributed by atoms with E-state index in [9.17, 15) is 32.0 Å². The van der Waals surface area contributed by atoms with Crippen LogP contribution in [-0.2, 0) is 29.1 Å². The van der Waals surface area contributed by atoms with Crippen LogP contribution in [0.2, 0.25) is 0 Å². The number of rotatable bonds is 9. The predicted octanol–water partition coefficient (Wildman–Crippen LogP) is 4.33. The van der Waals surface area contributed by atoms with Crippen LogP contribution in [0, 0.1) is 17.8 Å². The van der Waals surface area contributed by atoms with E-state index >= 15 is 0 Å². The lowest BCUT2D eigenvalue weighted by Crippen LogP contribution is -2.59. The van der Waals surface area contributed by atoms with Gasteiger partial charge in [-0.05, 0) is 94.7 Å². The second-order valence-electron chi connectivity index (χ2n) is 17.0. The third kappa shape index (κ3) is 8.77. The van der Waals surface area contributed by atoms with Gasteiger partial charge in [0.1, 0.15) is 40.7 Å². The summed E-state index contributed by atoms with van der Waals surface area (Å²) in [5.41, 5.74) is -2.52. The Balaban J connectivity index is 1.36. The van der Waals surface area contributed by atoms with E-state index in [2.05, 4.69) is 20.3 Å². The first-order valence-electron chi connectivity index (χ1n) is 19.4. The molecule has 0 bridgehead atoms. The molecular weight excluding hydrogens is 762 g/mol. The first kappa shape index (κ1) is 41.9. The highest BCUT2D eigenvalue weighted by molar-refractivity contribution is 7.91. The Labute approximate surface area is 332 Å². The van der Waals surface area contributed by atoms with E-state index in [0.717, 1.165) is 11.8 Å². The van der Waals surface area contributed by atoms with Crippen molar-refractivity contribution < 1.29 is 50.9 Å². The lowest BCUT2D eigenvalue weighted by molar-refractivity contribution is -0.142. The quantitative estimate of drug-likeness (QED) is 0.306. The standard InChI is InChI=1S/C40H54FN5O10S/c1-23-10-8-9-11-26-20-40(26,36(49)45-57(51,52)39(22-41)13-14-39)44-33(47)29-18-27(55-34-28-19-31(54-7)30(53-6)17-25(28)12-15-42-34)21-46(29)35(48)32(24(2)16-23)43-37(50)56-38(3,4)5/h9,11-12,15,17,19,23-24,26-27,29,32H,8,10,13-14,16,18,20-22H2,1-7H3,(H,43,50)(H,44,47)(H,45,49). The van der Waals surface area contributed by atoms with Gasteiger partial charge in [-0.1, -0.05) is 26.0 Å². The summed E-state index contributed by atoms with van der Waals surface area (Å²) in [5.74, 6) is -1.91. The van der Waals surface area contributed by atoms with Crippen LogP contribution in [0.4, 0.5) is 9.18 Å². The average molecular weight is 816 g/mol. The second kappa shape index (κ2) is 15.9. The van der Waals surface area contributed by atoms with E-state index in [1.807, 2.05) is 19.9 Å². The van der Waals surface area contributed by atoms with Crippen LogP contribution in [0.25, 0.3) is 10.8 Å². The molecule has 7 atom stereocenters. The molecule has 0 spiro atoms. The number of alkyl carbamates (subject to hydrolysis) is 1. The molecule has 4 aliphatic rings. The summed E-state index contributed by atoms with van der Waals surface area (Å²) in [6.45, 7) is 7.82. The predicted molar refractivity (Wildman–Crippen MR) is 208 cm³/mol. The Hall–Kier alpha value is -4.67. The molecule has 312 valence electrons. The molecule has 3 fully saturated rings. The molecule has 0 radical (unpaired) electrons. The largest absolute Gasteiger partial charge is 0.493 e. The minimum absolute atomic E-state index is 0.0334. The zero-order chi connectivity index (χ0) is 41.5. The van der Waals surface area contributed by atoms with Gasteiger partial charge in [0.15, 0.2) is 11.5 Å². The molecule has 3 N–H and O–H groups in total. The van der Waals surface area contributed by atoms with Gasteiger partial charge in [0, 0.05) is 23.9 Å². The van der Waals surface area contributed by atoms with Gasteiger partial charge < -0.3 is 34.5 Å². The minimum atomic E-state index is -4.40. The summed E-state index contributed by atoms with van der Waals surface area (Å²) in [6.07, 6.45) is 5.80. The van der Waals surface area contributed by atoms with E-state index in [-0.39, 0.29) is 49.9 Å². The van der Waals surface area contributed by atoms with Crippen molar-refractivity contribution in [2.45, 2.75) is 114 Å². The van der Waals surface area contributed by atoms with Gasteiger partial charge in [-0.15, -0.1) is 0 Å². The molecule has 2 aromatic rings. The van der Waals surface area contributed by atoms with Gasteiger partial charge in [-0.2, -0.15) is 0 Å². The number of carbonyl (C=O) groups excluding carboxylic acids is 4. The van der Waals surface area contributed by atoms with Crippen molar-refractivity contribution in [1.29, 1.82) is 0 Å². The normalized spacial score (nSPS) is 28.8. The smallest absolute Gasteiger partial charge is 0.408 e. The number of alkyl halides is 1. The van der Waals surface area contributed by atoms with E-state index < -0.39 is 80.5 Å². The fourth-order valence-corrected chi connectivity index (χ4v) is 9.34. The molecule has 1 aromatic carbocycles. The minimum Gasteiger partial charge on any atom is -0.493 e. The third-order valence-corrected chi connectivity index (χ3v) is 13.6. The summed E-state index contributed by atoms with van der Waals surface area (Å²) < 4.78 is 63.7. The molecule has 2 aliphatic heterocycles. The maximum absolute atomic E-state index is 14.8. The van der Waals surface area contributed by atoms with Crippen LogP contribution in [0.1, 0.15) is 79.6 Å². The molecular formula is C40H54FN5O10S. The number of ether oxygens (including phenoxy) is 4. The fraction of sp³-hybridized carbons (Fsp3) is 0.625. The number of pyridine rings is 1. The van der Waals surface area contributed by atoms with Gasteiger partial charge in [0.2, 0.25) is 27.7 Å². The molecule has 2 saturated carbocycles. The maximum atomic E-state index is 14.8. The molecule has 7 unspecified atom stereocenters. The molecule has 15 nitrogen and oxygen atoms in total. The molecule has 3 heterocycles. The van der Waals surface area contributed by atoms with Gasteiger partial charge in [-0.3, -0.25) is 19.1 Å². The first-order valence-corrected chi connectivity index (χ1v) is 20.9. The lowest BCUT2D eigenvalue weighted by atomic mass is 9.88. The van der Waals surface area contributed by atoms with Crippen molar-refractivity contribution in [3.05, 3.63) is 36.5 Å². The molecule has 2 aliphatic carbocycles. The monoisotopic (exact) mass is 815 g/mol. The highest BCUT2D eigenvalue weighted by Gasteiger charge is 2.64. The topological polar surface area (TPSA) is 192 Å². The van der Waals surface area contributed by atoms with Gasteiger partial charge in [0.05, 0.1) is 20.8 Å². The number of amides is 4. The van der Waals surface area contributed by atoms with Gasteiger partial charge in [0.25, 0.3) is 5.91 Å². The number of sulfonamides is 1. The molecule has 6 rings (SSSR count). The van der Waals surface area contributed by atoms with Crippen LogP contribution in [0.3, 0.4) is 0 Å². The Morgan fingerprint density at radius 1 is 1.09 bits per heavy atom. The molecule has 4 amide bonds. The van der Waals surface area contributed by atoms with Crippen molar-refractivity contribution in [3.8, 4) is 17.4 Å². The zero-order valence-electron chi connectivity index (χ0n) is 33.6. The van der Waals surface area contributed by atoms with E-state index in [1.165, 1.54) is 19.1 Å². The van der Waals surface area contributed by atoms with Crippen molar-refractivity contribution in [1.82, 2.24) is 25.2 Å². The van der Waals surface area contributed by atoms with Crippen LogP contribution in [0.15, 0.2) is 36.5 Å². The number of fused-ring (bicyclic) bond motifs is 3. The van der Waals surface area contributed by atoms with Crippen molar-refractivity contribution in [3.63, 3.8) is 0 Å². The summed E-state index contributed by atoms with van der Waals surface area (Å²) >= 11 is 0. The fourth-order valence-electron chi connectivity index (χ4n) is 7.91. The van der Waals surface area contributed by atoms with E-state index in [0.29, 0.717) is 29.7 Å². The van der Waals surface area contributed by atoms with Crippen molar-refractivity contribution in [2.24, 2.45) is 17.8 Å². The van der Waals surface area contributed by atoms with Crippen LogP contribution in [0.5, 0.6) is 17.4 Å². The summed E-state index contributed by atoms with van der Waals surface area (Å²) in [5, 5.41) is 6.93. The van der Waals surface area contributed by atoms with E-state index in [4.69, 9.17) is 18.9 Å². The number of benzene rings is 1. The molecule has 1 aromatic heterocycles. The number of nitrogens with zero attached hydrogens (tertiary/aromatic N) is 2. The average Bonchev–Trinajstić information content (AvgIpc) is 4.05. The molecule has 17 heteroatoms. The van der Waals surface area contributed by atoms with Crippen LogP contribution in [-0.4, -0.2) is 104 Å². The van der Waals surface area contributed by atoms with Crippen LogP contribution < -0.4 is 29.6 Å². The molecule has 57 heavy (non-hydrogen) atoms. The number of carbonyl (C=O) groups is 4. The summed E-state index contributed by atoms with van der Waals surface area (Å²) in [4.78, 5) is 62.3. The molecule has 1 saturated heterocycles. The Bertz CT molecular complexity index is 2040. The Morgan fingerprint density at radius 3 is 2.44 bits per heavy atom.